The highest BCUT2D eigenvalue weighted by atomic mass is 32.2. The van der Waals surface area contributed by atoms with Crippen molar-refractivity contribution in [2.75, 3.05) is 0 Å². The third-order valence-electron chi connectivity index (χ3n) is 3.98. The van der Waals surface area contributed by atoms with E-state index in [1.165, 1.54) is 22.9 Å². The van der Waals surface area contributed by atoms with Crippen LogP contribution < -0.4 is 10.5 Å². The SMILES string of the molecule is Cc1cccc(COc2ccccc2C=NN=C(N)SCc2ccccc2)c1. The second-order valence-electron chi connectivity index (χ2n) is 6.27. The molecule has 0 amide bonds. The zero-order valence-electron chi connectivity index (χ0n) is 15.8. The molecule has 4 nitrogen and oxygen atoms in total. The standard InChI is InChI=1S/C23H23N3OS/c1-18-8-7-11-20(14-18)16-27-22-13-6-5-12-21(22)15-25-26-23(24)28-17-19-9-3-2-4-10-19/h2-15H,16-17H2,1H3,(H2,24,26). The molecule has 0 aromatic heterocycles. The Bertz CT molecular complexity index is 955. The van der Waals surface area contributed by atoms with Gasteiger partial charge in [-0.1, -0.05) is 84.1 Å². The monoisotopic (exact) mass is 389 g/mol. The molecule has 0 saturated carbocycles. The number of ether oxygens (including phenoxy) is 1. The molecule has 0 radical (unpaired) electrons. The van der Waals surface area contributed by atoms with Gasteiger partial charge in [0.25, 0.3) is 0 Å². The summed E-state index contributed by atoms with van der Waals surface area (Å²) in [5.74, 6) is 1.53. The molecule has 2 N–H and O–H groups in total. The van der Waals surface area contributed by atoms with Gasteiger partial charge in [0.2, 0.25) is 0 Å². The maximum atomic E-state index is 5.96. The van der Waals surface area contributed by atoms with Gasteiger partial charge >= 0.3 is 0 Å². The predicted octanol–water partition coefficient (Wildman–Crippen LogP) is 5.16. The summed E-state index contributed by atoms with van der Waals surface area (Å²) in [7, 11) is 0. The van der Waals surface area contributed by atoms with Crippen LogP contribution in [0.25, 0.3) is 0 Å². The summed E-state index contributed by atoms with van der Waals surface area (Å²) < 4.78 is 5.96. The summed E-state index contributed by atoms with van der Waals surface area (Å²) in [5, 5.41) is 8.63. The van der Waals surface area contributed by atoms with Gasteiger partial charge in [0, 0.05) is 11.3 Å². The molecular weight excluding hydrogens is 366 g/mol. The molecule has 5 heteroatoms. The van der Waals surface area contributed by atoms with Crippen molar-refractivity contribution in [3.8, 4) is 5.75 Å². The van der Waals surface area contributed by atoms with Crippen LogP contribution >= 0.6 is 11.8 Å². The van der Waals surface area contributed by atoms with Gasteiger partial charge in [-0.25, -0.2) is 0 Å². The van der Waals surface area contributed by atoms with E-state index in [1.807, 2.05) is 48.5 Å². The zero-order chi connectivity index (χ0) is 19.6. The molecule has 142 valence electrons. The Labute approximate surface area is 170 Å². The van der Waals surface area contributed by atoms with E-state index < -0.39 is 0 Å². The minimum Gasteiger partial charge on any atom is -0.488 e. The molecule has 0 aliphatic heterocycles. The lowest BCUT2D eigenvalue weighted by molar-refractivity contribution is 0.305. The fraction of sp³-hybridized carbons (Fsp3) is 0.130. The van der Waals surface area contributed by atoms with Crippen LogP contribution in [0.4, 0.5) is 0 Å². The number of hydrogen-bond donors (Lipinski definition) is 1. The van der Waals surface area contributed by atoms with Crippen molar-refractivity contribution in [2.24, 2.45) is 15.9 Å². The van der Waals surface area contributed by atoms with Crippen molar-refractivity contribution in [3.63, 3.8) is 0 Å². The summed E-state index contributed by atoms with van der Waals surface area (Å²) in [6.07, 6.45) is 1.67. The Morgan fingerprint density at radius 2 is 1.71 bits per heavy atom. The Hall–Kier alpha value is -3.05. The second kappa shape index (κ2) is 10.3. The fourth-order valence-electron chi connectivity index (χ4n) is 2.59. The Kier molecular flexibility index (Phi) is 7.27. The summed E-state index contributed by atoms with van der Waals surface area (Å²) in [5.41, 5.74) is 10.3. The highest BCUT2D eigenvalue weighted by Crippen LogP contribution is 2.18. The Morgan fingerprint density at radius 1 is 0.964 bits per heavy atom. The maximum Gasteiger partial charge on any atom is 0.180 e. The van der Waals surface area contributed by atoms with E-state index in [0.717, 1.165) is 22.6 Å². The second-order valence-corrected chi connectivity index (χ2v) is 7.27. The molecule has 28 heavy (non-hydrogen) atoms. The molecule has 3 aromatic rings. The number of amidine groups is 1. The fourth-order valence-corrected chi connectivity index (χ4v) is 3.20. The van der Waals surface area contributed by atoms with Crippen molar-refractivity contribution < 1.29 is 4.74 Å². The number of thioether (sulfide) groups is 1. The Balaban J connectivity index is 1.59. The molecule has 0 aliphatic carbocycles. The van der Waals surface area contributed by atoms with Gasteiger partial charge in [-0.3, -0.25) is 0 Å². The minimum absolute atomic E-state index is 0.429. The van der Waals surface area contributed by atoms with E-state index in [9.17, 15) is 0 Å². The summed E-state index contributed by atoms with van der Waals surface area (Å²) in [6.45, 7) is 2.58. The van der Waals surface area contributed by atoms with Crippen molar-refractivity contribution in [2.45, 2.75) is 19.3 Å². The van der Waals surface area contributed by atoms with Crippen LogP contribution in [0.15, 0.2) is 89.1 Å². The van der Waals surface area contributed by atoms with E-state index in [2.05, 4.69) is 47.5 Å². The lowest BCUT2D eigenvalue weighted by Gasteiger charge is -2.09. The summed E-state index contributed by atoms with van der Waals surface area (Å²) >= 11 is 1.46. The number of nitrogens with zero attached hydrogens (tertiary/aromatic N) is 2. The number of rotatable bonds is 7. The third-order valence-corrected chi connectivity index (χ3v) is 4.83. The number of nitrogens with two attached hydrogens (primary N) is 1. The molecule has 0 atom stereocenters. The predicted molar refractivity (Wildman–Crippen MR) is 119 cm³/mol. The molecule has 0 fully saturated rings. The van der Waals surface area contributed by atoms with Crippen molar-refractivity contribution in [1.29, 1.82) is 0 Å². The molecular formula is C23H23N3OS. The first-order chi connectivity index (χ1) is 13.7. The van der Waals surface area contributed by atoms with Crippen LogP contribution in [0.1, 0.15) is 22.3 Å². The number of para-hydroxylation sites is 1. The van der Waals surface area contributed by atoms with Crippen LogP contribution in [-0.2, 0) is 12.4 Å². The molecule has 0 bridgehead atoms. The van der Waals surface area contributed by atoms with E-state index in [-0.39, 0.29) is 0 Å². The largest absolute Gasteiger partial charge is 0.488 e. The van der Waals surface area contributed by atoms with E-state index in [0.29, 0.717) is 11.8 Å². The maximum absolute atomic E-state index is 5.96. The first-order valence-corrected chi connectivity index (χ1v) is 10.00. The lowest BCUT2D eigenvalue weighted by Crippen LogP contribution is -2.06. The third kappa shape index (κ3) is 6.28. The molecule has 3 aromatic carbocycles. The van der Waals surface area contributed by atoms with Gasteiger partial charge in [-0.15, -0.1) is 5.10 Å². The summed E-state index contributed by atoms with van der Waals surface area (Å²) in [4.78, 5) is 0. The van der Waals surface area contributed by atoms with E-state index in [4.69, 9.17) is 10.5 Å². The van der Waals surface area contributed by atoms with Gasteiger partial charge in [0.05, 0.1) is 6.21 Å². The quantitative estimate of drug-likeness (QED) is 0.345. The first-order valence-electron chi connectivity index (χ1n) is 9.01. The normalized spacial score (nSPS) is 11.7. The van der Waals surface area contributed by atoms with Crippen LogP contribution in [0.2, 0.25) is 0 Å². The number of hydrogen-bond acceptors (Lipinski definition) is 4. The van der Waals surface area contributed by atoms with Gasteiger partial charge in [0.1, 0.15) is 12.4 Å². The summed E-state index contributed by atoms with van der Waals surface area (Å²) in [6, 6.07) is 26.2. The molecule has 0 spiro atoms. The van der Waals surface area contributed by atoms with Gasteiger partial charge < -0.3 is 10.5 Å². The number of benzene rings is 3. The molecule has 3 rings (SSSR count). The van der Waals surface area contributed by atoms with Gasteiger partial charge in [0.15, 0.2) is 5.17 Å². The van der Waals surface area contributed by atoms with E-state index >= 15 is 0 Å². The first kappa shape index (κ1) is 19.7. The van der Waals surface area contributed by atoms with Gasteiger partial charge in [-0.05, 0) is 30.2 Å². The average molecular weight is 390 g/mol. The van der Waals surface area contributed by atoms with Gasteiger partial charge in [-0.2, -0.15) is 5.10 Å². The van der Waals surface area contributed by atoms with Crippen LogP contribution in [-0.4, -0.2) is 11.4 Å². The zero-order valence-corrected chi connectivity index (χ0v) is 16.6. The highest BCUT2D eigenvalue weighted by molar-refractivity contribution is 8.13. The molecule has 0 unspecified atom stereocenters. The Morgan fingerprint density at radius 3 is 2.54 bits per heavy atom. The topological polar surface area (TPSA) is 60.0 Å². The van der Waals surface area contributed by atoms with Crippen LogP contribution in [0, 0.1) is 6.92 Å². The minimum atomic E-state index is 0.429. The van der Waals surface area contributed by atoms with Crippen LogP contribution in [0.5, 0.6) is 5.75 Å². The molecule has 0 aliphatic rings. The lowest BCUT2D eigenvalue weighted by atomic mass is 10.1. The van der Waals surface area contributed by atoms with E-state index in [1.54, 1.807) is 6.21 Å². The smallest absolute Gasteiger partial charge is 0.180 e. The average Bonchev–Trinajstić information content (AvgIpc) is 2.72. The molecule has 0 heterocycles. The van der Waals surface area contributed by atoms with Crippen LogP contribution in [0.3, 0.4) is 0 Å². The number of aryl methyl sites for hydroxylation is 1. The highest BCUT2D eigenvalue weighted by Gasteiger charge is 2.02. The van der Waals surface area contributed by atoms with Crippen molar-refractivity contribution in [1.82, 2.24) is 0 Å². The molecule has 0 saturated heterocycles. The van der Waals surface area contributed by atoms with Crippen molar-refractivity contribution in [3.05, 3.63) is 101 Å². The van der Waals surface area contributed by atoms with Crippen molar-refractivity contribution >= 4 is 23.1 Å².